The number of imidazole rings is 1. The molecule has 2 rings (SSSR count). The molecule has 0 saturated carbocycles. The standard InChI is InChI=1S/C13H15FN2O/c1-7(2)12-8(3)15-13(16-12)10-5-4-9(14)6-11(10)17/h4-7,17H,1-3H3,(H,15,16). The van der Waals surface area contributed by atoms with Crippen molar-refractivity contribution in [2.24, 2.45) is 0 Å². The van der Waals surface area contributed by atoms with Crippen molar-refractivity contribution in [3.63, 3.8) is 0 Å². The molecule has 1 heterocycles. The molecule has 0 aliphatic carbocycles. The highest BCUT2D eigenvalue weighted by Gasteiger charge is 2.14. The largest absolute Gasteiger partial charge is 0.507 e. The van der Waals surface area contributed by atoms with E-state index in [1.54, 1.807) is 0 Å². The lowest BCUT2D eigenvalue weighted by Gasteiger charge is -2.01. The summed E-state index contributed by atoms with van der Waals surface area (Å²) in [7, 11) is 0. The zero-order valence-corrected chi connectivity index (χ0v) is 10.1. The fraction of sp³-hybridized carbons (Fsp3) is 0.308. The van der Waals surface area contributed by atoms with Gasteiger partial charge < -0.3 is 10.1 Å². The first-order valence-electron chi connectivity index (χ1n) is 5.54. The number of nitrogens with zero attached hydrogens (tertiary/aromatic N) is 1. The van der Waals surface area contributed by atoms with Gasteiger partial charge in [-0.3, -0.25) is 0 Å². The minimum atomic E-state index is -0.460. The van der Waals surface area contributed by atoms with Crippen molar-refractivity contribution in [3.8, 4) is 17.1 Å². The van der Waals surface area contributed by atoms with Gasteiger partial charge in [0.15, 0.2) is 0 Å². The first-order chi connectivity index (χ1) is 7.99. The number of hydrogen-bond acceptors (Lipinski definition) is 2. The molecule has 90 valence electrons. The van der Waals surface area contributed by atoms with Crippen LogP contribution in [0.5, 0.6) is 5.75 Å². The lowest BCUT2D eigenvalue weighted by atomic mass is 10.1. The summed E-state index contributed by atoms with van der Waals surface area (Å²) in [6.45, 7) is 6.04. The van der Waals surface area contributed by atoms with Gasteiger partial charge in [0.2, 0.25) is 0 Å². The molecule has 0 fully saturated rings. The smallest absolute Gasteiger partial charge is 0.141 e. The molecule has 1 aromatic carbocycles. The van der Waals surface area contributed by atoms with Crippen LogP contribution >= 0.6 is 0 Å². The SMILES string of the molecule is Cc1[nH]c(-c2ccc(F)cc2O)nc1C(C)C. The molecule has 2 N–H and O–H groups in total. The Labute approximate surface area is 99.3 Å². The topological polar surface area (TPSA) is 48.9 Å². The van der Waals surface area contributed by atoms with Crippen LogP contribution in [0.25, 0.3) is 11.4 Å². The van der Waals surface area contributed by atoms with E-state index in [-0.39, 0.29) is 5.75 Å². The molecule has 0 amide bonds. The molecular weight excluding hydrogens is 219 g/mol. The van der Waals surface area contributed by atoms with Gasteiger partial charge >= 0.3 is 0 Å². The number of H-pyrrole nitrogens is 1. The Balaban J connectivity index is 2.50. The molecule has 0 aliphatic rings. The monoisotopic (exact) mass is 234 g/mol. The summed E-state index contributed by atoms with van der Waals surface area (Å²) in [6.07, 6.45) is 0. The highest BCUT2D eigenvalue weighted by Crippen LogP contribution is 2.29. The molecule has 0 radical (unpaired) electrons. The van der Waals surface area contributed by atoms with Gasteiger partial charge in [-0.15, -0.1) is 0 Å². The average molecular weight is 234 g/mol. The van der Waals surface area contributed by atoms with Gasteiger partial charge in [-0.05, 0) is 25.0 Å². The number of aryl methyl sites for hydroxylation is 1. The number of phenolic OH excluding ortho intramolecular Hbond substituents is 1. The summed E-state index contributed by atoms with van der Waals surface area (Å²) in [5, 5.41) is 9.68. The number of aromatic nitrogens is 2. The van der Waals surface area contributed by atoms with Crippen molar-refractivity contribution in [2.75, 3.05) is 0 Å². The van der Waals surface area contributed by atoms with Crippen LogP contribution in [0.4, 0.5) is 4.39 Å². The summed E-state index contributed by atoms with van der Waals surface area (Å²) in [6, 6.07) is 3.91. The number of halogens is 1. The van der Waals surface area contributed by atoms with Gasteiger partial charge in [-0.2, -0.15) is 0 Å². The lowest BCUT2D eigenvalue weighted by Crippen LogP contribution is -1.90. The van der Waals surface area contributed by atoms with E-state index in [9.17, 15) is 9.50 Å². The first-order valence-corrected chi connectivity index (χ1v) is 5.54. The van der Waals surface area contributed by atoms with Crippen molar-refractivity contribution in [1.82, 2.24) is 9.97 Å². The van der Waals surface area contributed by atoms with E-state index in [0.29, 0.717) is 17.3 Å². The Hall–Kier alpha value is -1.84. The maximum absolute atomic E-state index is 12.9. The van der Waals surface area contributed by atoms with Gasteiger partial charge in [0.05, 0.1) is 11.3 Å². The Morgan fingerprint density at radius 1 is 1.35 bits per heavy atom. The maximum Gasteiger partial charge on any atom is 0.141 e. The van der Waals surface area contributed by atoms with Crippen LogP contribution in [-0.4, -0.2) is 15.1 Å². The van der Waals surface area contributed by atoms with Crippen molar-refractivity contribution in [2.45, 2.75) is 26.7 Å². The van der Waals surface area contributed by atoms with Crippen molar-refractivity contribution < 1.29 is 9.50 Å². The highest BCUT2D eigenvalue weighted by molar-refractivity contribution is 5.64. The van der Waals surface area contributed by atoms with Gasteiger partial charge in [0.25, 0.3) is 0 Å². The maximum atomic E-state index is 12.9. The van der Waals surface area contributed by atoms with E-state index in [0.717, 1.165) is 17.5 Å². The summed E-state index contributed by atoms with van der Waals surface area (Å²) < 4.78 is 12.9. The summed E-state index contributed by atoms with van der Waals surface area (Å²) in [5.41, 5.74) is 2.45. The zero-order valence-electron chi connectivity index (χ0n) is 10.1. The Morgan fingerprint density at radius 2 is 2.06 bits per heavy atom. The van der Waals surface area contributed by atoms with Gasteiger partial charge in [-0.25, -0.2) is 9.37 Å². The van der Waals surface area contributed by atoms with E-state index >= 15 is 0 Å². The van der Waals surface area contributed by atoms with Crippen molar-refractivity contribution >= 4 is 0 Å². The van der Waals surface area contributed by atoms with Crippen LogP contribution in [0, 0.1) is 12.7 Å². The number of aromatic amines is 1. The molecule has 3 nitrogen and oxygen atoms in total. The lowest BCUT2D eigenvalue weighted by molar-refractivity contribution is 0.471. The average Bonchev–Trinajstić information content (AvgIpc) is 2.60. The summed E-state index contributed by atoms with van der Waals surface area (Å²) >= 11 is 0. The van der Waals surface area contributed by atoms with Crippen LogP contribution in [-0.2, 0) is 0 Å². The van der Waals surface area contributed by atoms with Gasteiger partial charge in [0.1, 0.15) is 17.4 Å². The van der Waals surface area contributed by atoms with Crippen LogP contribution in [0.3, 0.4) is 0 Å². The fourth-order valence-electron chi connectivity index (χ4n) is 1.87. The number of nitrogens with one attached hydrogen (secondary N) is 1. The second-order valence-electron chi connectivity index (χ2n) is 4.41. The Kier molecular flexibility index (Phi) is 2.88. The zero-order chi connectivity index (χ0) is 12.6. The number of phenols is 1. The van der Waals surface area contributed by atoms with Crippen LogP contribution in [0.2, 0.25) is 0 Å². The van der Waals surface area contributed by atoms with E-state index < -0.39 is 5.82 Å². The quantitative estimate of drug-likeness (QED) is 0.837. The van der Waals surface area contributed by atoms with E-state index in [1.165, 1.54) is 12.1 Å². The third kappa shape index (κ3) is 2.16. The minimum absolute atomic E-state index is 0.103. The van der Waals surface area contributed by atoms with Crippen molar-refractivity contribution in [3.05, 3.63) is 35.4 Å². The van der Waals surface area contributed by atoms with E-state index in [1.807, 2.05) is 6.92 Å². The second-order valence-corrected chi connectivity index (χ2v) is 4.41. The normalized spacial score (nSPS) is 11.1. The summed E-state index contributed by atoms with van der Waals surface area (Å²) in [4.78, 5) is 7.54. The van der Waals surface area contributed by atoms with E-state index in [2.05, 4.69) is 23.8 Å². The molecule has 0 unspecified atom stereocenters. The minimum Gasteiger partial charge on any atom is -0.507 e. The molecule has 0 saturated heterocycles. The predicted octanol–water partition coefficient (Wildman–Crippen LogP) is 3.35. The number of hydrogen-bond donors (Lipinski definition) is 2. The fourth-order valence-corrected chi connectivity index (χ4v) is 1.87. The highest BCUT2D eigenvalue weighted by atomic mass is 19.1. The van der Waals surface area contributed by atoms with Gasteiger partial charge in [-0.1, -0.05) is 13.8 Å². The Morgan fingerprint density at radius 3 is 2.59 bits per heavy atom. The predicted molar refractivity (Wildman–Crippen MR) is 64.5 cm³/mol. The molecule has 2 aromatic rings. The molecule has 0 bridgehead atoms. The molecular formula is C13H15FN2O. The molecule has 0 aliphatic heterocycles. The number of rotatable bonds is 2. The molecule has 4 heteroatoms. The number of aromatic hydroxyl groups is 1. The van der Waals surface area contributed by atoms with Crippen LogP contribution < -0.4 is 0 Å². The van der Waals surface area contributed by atoms with Gasteiger partial charge in [0, 0.05) is 11.8 Å². The van der Waals surface area contributed by atoms with Crippen molar-refractivity contribution in [1.29, 1.82) is 0 Å². The third-order valence-electron chi connectivity index (χ3n) is 2.68. The third-order valence-corrected chi connectivity index (χ3v) is 2.68. The van der Waals surface area contributed by atoms with E-state index in [4.69, 9.17) is 0 Å². The molecule has 1 aromatic heterocycles. The molecule has 0 spiro atoms. The van der Waals surface area contributed by atoms with Crippen LogP contribution in [0.15, 0.2) is 18.2 Å². The molecule has 17 heavy (non-hydrogen) atoms. The second kappa shape index (κ2) is 4.20. The van der Waals surface area contributed by atoms with Crippen LogP contribution in [0.1, 0.15) is 31.2 Å². The molecule has 0 atom stereocenters. The summed E-state index contributed by atoms with van der Waals surface area (Å²) in [5.74, 6) is 0.318. The number of benzene rings is 1. The Bertz CT molecular complexity index is 546. The first kappa shape index (κ1) is 11.6.